The van der Waals surface area contributed by atoms with Gasteiger partial charge >= 0.3 is 0 Å². The summed E-state index contributed by atoms with van der Waals surface area (Å²) in [7, 11) is 1.52. The molecule has 0 radical (unpaired) electrons. The first kappa shape index (κ1) is 17.9. The Labute approximate surface area is 144 Å². The SMILES string of the molecule is CNC(=O)c1cccc(NC(=O)C(C)Oc2ccc([N+](=O)[O-])cc2)c1. The van der Waals surface area contributed by atoms with Crippen LogP contribution >= 0.6 is 0 Å². The lowest BCUT2D eigenvalue weighted by atomic mass is 10.2. The van der Waals surface area contributed by atoms with Gasteiger partial charge in [0, 0.05) is 30.4 Å². The Balaban J connectivity index is 2.00. The fraction of sp³-hybridized carbons (Fsp3) is 0.176. The van der Waals surface area contributed by atoms with E-state index in [0.717, 1.165) is 0 Å². The summed E-state index contributed by atoms with van der Waals surface area (Å²) in [5.74, 6) is -0.328. The van der Waals surface area contributed by atoms with Crippen LogP contribution in [0.1, 0.15) is 17.3 Å². The van der Waals surface area contributed by atoms with Crippen molar-refractivity contribution in [3.05, 3.63) is 64.2 Å². The molecule has 8 heteroatoms. The maximum atomic E-state index is 12.2. The zero-order chi connectivity index (χ0) is 18.4. The molecule has 130 valence electrons. The van der Waals surface area contributed by atoms with E-state index in [1.165, 1.54) is 31.3 Å². The minimum Gasteiger partial charge on any atom is -0.481 e. The summed E-state index contributed by atoms with van der Waals surface area (Å²) in [5, 5.41) is 15.8. The van der Waals surface area contributed by atoms with Crippen molar-refractivity contribution in [2.75, 3.05) is 12.4 Å². The number of nitrogens with one attached hydrogen (secondary N) is 2. The predicted molar refractivity (Wildman–Crippen MR) is 91.6 cm³/mol. The summed E-state index contributed by atoms with van der Waals surface area (Å²) in [6.45, 7) is 1.55. The Bertz CT molecular complexity index is 789. The first-order valence-electron chi connectivity index (χ1n) is 7.45. The number of nitro benzene ring substituents is 1. The minimum absolute atomic E-state index is 0.0597. The quantitative estimate of drug-likeness (QED) is 0.618. The summed E-state index contributed by atoms with van der Waals surface area (Å²) in [6.07, 6.45) is -0.829. The molecule has 0 aliphatic carbocycles. The molecule has 2 aromatic carbocycles. The van der Waals surface area contributed by atoms with Gasteiger partial charge in [-0.2, -0.15) is 0 Å². The average Bonchev–Trinajstić information content (AvgIpc) is 2.61. The number of nitrogens with zero attached hydrogens (tertiary/aromatic N) is 1. The van der Waals surface area contributed by atoms with Crippen LogP contribution in [0.2, 0.25) is 0 Å². The van der Waals surface area contributed by atoms with Crippen LogP contribution in [0.4, 0.5) is 11.4 Å². The Morgan fingerprint density at radius 3 is 2.44 bits per heavy atom. The van der Waals surface area contributed by atoms with E-state index >= 15 is 0 Å². The lowest BCUT2D eigenvalue weighted by Gasteiger charge is -2.15. The highest BCUT2D eigenvalue weighted by Gasteiger charge is 2.16. The number of ether oxygens (including phenoxy) is 1. The van der Waals surface area contributed by atoms with Gasteiger partial charge in [0.05, 0.1) is 4.92 Å². The van der Waals surface area contributed by atoms with E-state index in [2.05, 4.69) is 10.6 Å². The fourth-order valence-corrected chi connectivity index (χ4v) is 2.03. The summed E-state index contributed by atoms with van der Waals surface area (Å²) >= 11 is 0. The molecule has 0 aliphatic heterocycles. The van der Waals surface area contributed by atoms with E-state index in [9.17, 15) is 19.7 Å². The second-order valence-corrected chi connectivity index (χ2v) is 5.16. The number of nitro groups is 1. The number of benzene rings is 2. The number of rotatable bonds is 6. The second kappa shape index (κ2) is 7.91. The highest BCUT2D eigenvalue weighted by Crippen LogP contribution is 2.19. The van der Waals surface area contributed by atoms with Crippen LogP contribution in [0.3, 0.4) is 0 Å². The number of carbonyl (C=O) groups excluding carboxylic acids is 2. The van der Waals surface area contributed by atoms with Crippen LogP contribution < -0.4 is 15.4 Å². The van der Waals surface area contributed by atoms with E-state index in [0.29, 0.717) is 17.0 Å². The largest absolute Gasteiger partial charge is 0.481 e. The molecular weight excluding hydrogens is 326 g/mol. The van der Waals surface area contributed by atoms with Gasteiger partial charge in [-0.1, -0.05) is 6.07 Å². The average molecular weight is 343 g/mol. The molecule has 0 fully saturated rings. The van der Waals surface area contributed by atoms with Crippen LogP contribution in [0.25, 0.3) is 0 Å². The zero-order valence-electron chi connectivity index (χ0n) is 13.7. The maximum Gasteiger partial charge on any atom is 0.269 e. The minimum atomic E-state index is -0.829. The van der Waals surface area contributed by atoms with Crippen molar-refractivity contribution in [2.24, 2.45) is 0 Å². The van der Waals surface area contributed by atoms with Crippen molar-refractivity contribution < 1.29 is 19.2 Å². The maximum absolute atomic E-state index is 12.2. The summed E-state index contributed by atoms with van der Waals surface area (Å²) in [4.78, 5) is 33.9. The number of hydrogen-bond acceptors (Lipinski definition) is 5. The van der Waals surface area contributed by atoms with Gasteiger partial charge in [0.1, 0.15) is 5.75 Å². The molecule has 2 rings (SSSR count). The lowest BCUT2D eigenvalue weighted by molar-refractivity contribution is -0.384. The van der Waals surface area contributed by atoms with Gasteiger partial charge < -0.3 is 15.4 Å². The molecule has 0 saturated carbocycles. The smallest absolute Gasteiger partial charge is 0.269 e. The first-order valence-corrected chi connectivity index (χ1v) is 7.45. The van der Waals surface area contributed by atoms with Gasteiger partial charge in [-0.25, -0.2) is 0 Å². The van der Waals surface area contributed by atoms with Crippen molar-refractivity contribution in [2.45, 2.75) is 13.0 Å². The van der Waals surface area contributed by atoms with Crippen molar-refractivity contribution in [1.29, 1.82) is 0 Å². The molecular formula is C17H17N3O5. The molecule has 0 saturated heterocycles. The highest BCUT2D eigenvalue weighted by atomic mass is 16.6. The summed E-state index contributed by atoms with van der Waals surface area (Å²) in [6, 6.07) is 11.9. The number of amides is 2. The van der Waals surface area contributed by atoms with E-state index < -0.39 is 16.9 Å². The molecule has 2 aromatic rings. The molecule has 0 aliphatic rings. The molecule has 2 N–H and O–H groups in total. The third-order valence-electron chi connectivity index (χ3n) is 3.35. The zero-order valence-corrected chi connectivity index (χ0v) is 13.7. The number of anilines is 1. The second-order valence-electron chi connectivity index (χ2n) is 5.16. The Morgan fingerprint density at radius 1 is 1.16 bits per heavy atom. The standard InChI is InChI=1S/C17H17N3O5/c1-11(25-15-8-6-14(7-9-15)20(23)24)16(21)19-13-5-3-4-12(10-13)17(22)18-2/h3-11H,1-2H3,(H,18,22)(H,19,21). The van der Waals surface area contributed by atoms with Gasteiger partial charge in [-0.3, -0.25) is 19.7 Å². The van der Waals surface area contributed by atoms with E-state index in [4.69, 9.17) is 4.74 Å². The van der Waals surface area contributed by atoms with Crippen molar-refractivity contribution in [3.63, 3.8) is 0 Å². The Kier molecular flexibility index (Phi) is 5.67. The monoisotopic (exact) mass is 343 g/mol. The predicted octanol–water partition coefficient (Wildman–Crippen LogP) is 2.36. The van der Waals surface area contributed by atoms with Gasteiger partial charge in [0.2, 0.25) is 0 Å². The molecule has 2 amide bonds. The van der Waals surface area contributed by atoms with Gasteiger partial charge in [0.25, 0.3) is 17.5 Å². The number of carbonyl (C=O) groups is 2. The third kappa shape index (κ3) is 4.77. The fourth-order valence-electron chi connectivity index (χ4n) is 2.03. The molecule has 0 spiro atoms. The Hall–Kier alpha value is -3.42. The Morgan fingerprint density at radius 2 is 1.84 bits per heavy atom. The van der Waals surface area contributed by atoms with Crippen LogP contribution in [0.15, 0.2) is 48.5 Å². The van der Waals surface area contributed by atoms with E-state index in [1.807, 2.05) is 0 Å². The molecule has 8 nitrogen and oxygen atoms in total. The molecule has 0 heterocycles. The van der Waals surface area contributed by atoms with Crippen LogP contribution in [0.5, 0.6) is 5.75 Å². The number of hydrogen-bond donors (Lipinski definition) is 2. The van der Waals surface area contributed by atoms with Gasteiger partial charge in [0.15, 0.2) is 6.10 Å². The normalized spacial score (nSPS) is 11.3. The summed E-state index contributed by atoms with van der Waals surface area (Å²) < 4.78 is 5.47. The first-order chi connectivity index (χ1) is 11.9. The van der Waals surface area contributed by atoms with Gasteiger partial charge in [-0.15, -0.1) is 0 Å². The molecule has 1 atom stereocenters. The topological polar surface area (TPSA) is 111 Å². The van der Waals surface area contributed by atoms with Crippen LogP contribution in [0, 0.1) is 10.1 Å². The van der Waals surface area contributed by atoms with Crippen molar-refractivity contribution in [3.8, 4) is 5.75 Å². The van der Waals surface area contributed by atoms with Crippen LogP contribution in [-0.4, -0.2) is 29.9 Å². The molecule has 1 unspecified atom stereocenters. The van der Waals surface area contributed by atoms with E-state index in [-0.39, 0.29) is 11.6 Å². The molecule has 0 bridgehead atoms. The summed E-state index contributed by atoms with van der Waals surface area (Å²) in [5.41, 5.74) is 0.824. The third-order valence-corrected chi connectivity index (χ3v) is 3.35. The number of non-ortho nitro benzene ring substituents is 1. The lowest BCUT2D eigenvalue weighted by Crippen LogP contribution is -2.30. The van der Waals surface area contributed by atoms with Crippen LogP contribution in [-0.2, 0) is 4.79 Å². The molecule has 0 aromatic heterocycles. The van der Waals surface area contributed by atoms with E-state index in [1.54, 1.807) is 31.2 Å². The van der Waals surface area contributed by atoms with Gasteiger partial charge in [-0.05, 0) is 37.3 Å². The molecule has 25 heavy (non-hydrogen) atoms. The van der Waals surface area contributed by atoms with Crippen molar-refractivity contribution >= 4 is 23.2 Å². The highest BCUT2D eigenvalue weighted by molar-refractivity contribution is 5.98. The van der Waals surface area contributed by atoms with Crippen molar-refractivity contribution in [1.82, 2.24) is 5.32 Å².